The van der Waals surface area contributed by atoms with Crippen LogP contribution in [0.3, 0.4) is 0 Å². The summed E-state index contributed by atoms with van der Waals surface area (Å²) in [5, 5.41) is 2.39. The molecule has 0 aliphatic carbocycles. The van der Waals surface area contributed by atoms with Crippen molar-refractivity contribution in [3.63, 3.8) is 0 Å². The number of amides is 1. The molecule has 1 N–H and O–H groups in total. The average Bonchev–Trinajstić information content (AvgIpc) is 2.82. The molecule has 8 heteroatoms. The second kappa shape index (κ2) is 9.04. The fourth-order valence-corrected chi connectivity index (χ4v) is 3.32. The van der Waals surface area contributed by atoms with Gasteiger partial charge in [-0.3, -0.25) is 9.59 Å². The maximum atomic E-state index is 13.7. The molecular weight excluding hydrogens is 432 g/mol. The zero-order chi connectivity index (χ0) is 23.5. The molecule has 1 aromatic heterocycles. The number of para-hydroxylation sites is 1. The highest BCUT2D eigenvalue weighted by Gasteiger charge is 2.20. The van der Waals surface area contributed by atoms with Gasteiger partial charge in [0.1, 0.15) is 23.0 Å². The maximum absolute atomic E-state index is 13.7. The van der Waals surface area contributed by atoms with Crippen LogP contribution in [0.5, 0.6) is 0 Å². The highest BCUT2D eigenvalue weighted by Crippen LogP contribution is 2.27. The Balaban J connectivity index is 1.60. The summed E-state index contributed by atoms with van der Waals surface area (Å²) in [7, 11) is 0. The van der Waals surface area contributed by atoms with Crippen molar-refractivity contribution in [1.82, 2.24) is 0 Å². The lowest BCUT2D eigenvalue weighted by atomic mass is 10.0. The Hall–Kier alpha value is -4.33. The smallest absolute Gasteiger partial charge is 0.342 e. The van der Waals surface area contributed by atoms with E-state index in [1.807, 2.05) is 6.07 Å². The van der Waals surface area contributed by atoms with Crippen LogP contribution in [-0.4, -0.2) is 18.5 Å². The van der Waals surface area contributed by atoms with Crippen LogP contribution in [0.1, 0.15) is 15.9 Å². The van der Waals surface area contributed by atoms with Gasteiger partial charge in [0.2, 0.25) is 0 Å². The zero-order valence-corrected chi connectivity index (χ0v) is 17.4. The van der Waals surface area contributed by atoms with Crippen molar-refractivity contribution in [1.29, 1.82) is 0 Å². The number of ether oxygens (including phenoxy) is 1. The Labute approximate surface area is 186 Å². The Morgan fingerprint density at radius 3 is 2.48 bits per heavy atom. The number of esters is 1. The second-order valence-electron chi connectivity index (χ2n) is 7.18. The van der Waals surface area contributed by atoms with Crippen LogP contribution in [0.2, 0.25) is 0 Å². The maximum Gasteiger partial charge on any atom is 0.342 e. The van der Waals surface area contributed by atoms with Gasteiger partial charge in [0.05, 0.1) is 11.1 Å². The van der Waals surface area contributed by atoms with Gasteiger partial charge in [0.25, 0.3) is 5.91 Å². The lowest BCUT2D eigenvalue weighted by Crippen LogP contribution is -2.21. The Kier molecular flexibility index (Phi) is 5.99. The van der Waals surface area contributed by atoms with E-state index in [4.69, 9.17) is 9.15 Å². The van der Waals surface area contributed by atoms with Gasteiger partial charge >= 0.3 is 5.97 Å². The molecule has 0 aliphatic heterocycles. The van der Waals surface area contributed by atoms with E-state index in [2.05, 4.69) is 5.32 Å². The predicted molar refractivity (Wildman–Crippen MR) is 118 cm³/mol. The van der Waals surface area contributed by atoms with Gasteiger partial charge in [-0.25, -0.2) is 13.6 Å². The number of hydrogen-bond donors (Lipinski definition) is 1. The Bertz CT molecular complexity index is 1430. The van der Waals surface area contributed by atoms with Gasteiger partial charge in [-0.05, 0) is 31.2 Å². The van der Waals surface area contributed by atoms with Crippen LogP contribution >= 0.6 is 0 Å². The molecule has 33 heavy (non-hydrogen) atoms. The highest BCUT2D eigenvalue weighted by molar-refractivity contribution is 6.03. The largest absolute Gasteiger partial charge is 0.455 e. The minimum absolute atomic E-state index is 0.0296. The molecule has 0 fully saturated rings. The van der Waals surface area contributed by atoms with Crippen molar-refractivity contribution in [2.75, 3.05) is 11.9 Å². The number of rotatable bonds is 5. The van der Waals surface area contributed by atoms with Crippen molar-refractivity contribution in [3.05, 3.63) is 99.7 Å². The number of carbonyl (C=O) groups is 2. The van der Waals surface area contributed by atoms with Crippen LogP contribution in [-0.2, 0) is 9.53 Å². The van der Waals surface area contributed by atoms with Crippen molar-refractivity contribution in [2.24, 2.45) is 0 Å². The zero-order valence-electron chi connectivity index (χ0n) is 17.4. The number of nitrogens with one attached hydrogen (secondary N) is 1. The van der Waals surface area contributed by atoms with E-state index in [0.29, 0.717) is 23.0 Å². The van der Waals surface area contributed by atoms with Crippen LogP contribution in [0.25, 0.3) is 22.3 Å². The molecule has 1 amide bonds. The molecule has 0 spiro atoms. The molecule has 0 radical (unpaired) electrons. The summed E-state index contributed by atoms with van der Waals surface area (Å²) in [5.41, 5.74) is 0.494. The van der Waals surface area contributed by atoms with Crippen LogP contribution < -0.4 is 10.7 Å². The number of fused-ring (bicyclic) bond motifs is 1. The van der Waals surface area contributed by atoms with Gasteiger partial charge in [0.15, 0.2) is 17.6 Å². The first-order chi connectivity index (χ1) is 15.8. The molecule has 166 valence electrons. The number of hydrogen-bond acceptors (Lipinski definition) is 5. The molecule has 0 aliphatic rings. The Morgan fingerprint density at radius 2 is 1.76 bits per heavy atom. The quantitative estimate of drug-likeness (QED) is 0.441. The lowest BCUT2D eigenvalue weighted by molar-refractivity contribution is -0.119. The third-order valence-electron chi connectivity index (χ3n) is 4.94. The van der Waals surface area contributed by atoms with Gasteiger partial charge < -0.3 is 14.5 Å². The van der Waals surface area contributed by atoms with Gasteiger partial charge in [-0.2, -0.15) is 0 Å². The van der Waals surface area contributed by atoms with Crippen LogP contribution in [0, 0.1) is 18.6 Å². The number of carbonyl (C=O) groups excluding carboxylic acids is 2. The molecule has 0 bridgehead atoms. The average molecular weight is 449 g/mol. The third kappa shape index (κ3) is 4.50. The standard InChI is InChI=1S/C25H17F2NO5/c1-14-22(30)17-8-5-9-18(24(17)33-23(14)15-6-3-2-4-7-15)25(31)32-13-21(29)28-20-11-10-16(26)12-19(20)27/h2-12H,13H2,1H3,(H,28,29). The summed E-state index contributed by atoms with van der Waals surface area (Å²) >= 11 is 0. The van der Waals surface area contributed by atoms with E-state index in [0.717, 1.165) is 12.1 Å². The van der Waals surface area contributed by atoms with E-state index >= 15 is 0 Å². The molecule has 6 nitrogen and oxygen atoms in total. The molecule has 4 aromatic rings. The second-order valence-corrected chi connectivity index (χ2v) is 7.18. The minimum Gasteiger partial charge on any atom is -0.455 e. The lowest BCUT2D eigenvalue weighted by Gasteiger charge is -2.11. The summed E-state index contributed by atoms with van der Waals surface area (Å²) in [4.78, 5) is 37.6. The summed E-state index contributed by atoms with van der Waals surface area (Å²) in [5.74, 6) is -3.16. The first kappa shape index (κ1) is 21.9. The van der Waals surface area contributed by atoms with E-state index in [9.17, 15) is 23.2 Å². The van der Waals surface area contributed by atoms with E-state index in [1.54, 1.807) is 31.2 Å². The van der Waals surface area contributed by atoms with E-state index < -0.39 is 30.1 Å². The molecular formula is C25H17F2NO5. The van der Waals surface area contributed by atoms with Crippen molar-refractivity contribution in [3.8, 4) is 11.3 Å². The first-order valence-electron chi connectivity index (χ1n) is 9.89. The normalized spacial score (nSPS) is 10.8. The SMILES string of the molecule is Cc1c(-c2ccccc2)oc2c(C(=O)OCC(=O)Nc3ccc(F)cc3F)cccc2c1=O. The summed E-state index contributed by atoms with van der Waals surface area (Å²) < 4.78 is 37.7. The Morgan fingerprint density at radius 1 is 1.00 bits per heavy atom. The van der Waals surface area contributed by atoms with Gasteiger partial charge in [-0.1, -0.05) is 36.4 Å². The van der Waals surface area contributed by atoms with Crippen molar-refractivity contribution >= 4 is 28.5 Å². The molecule has 4 rings (SSSR count). The number of benzene rings is 3. The van der Waals surface area contributed by atoms with Crippen molar-refractivity contribution < 1.29 is 27.5 Å². The summed E-state index contributed by atoms with van der Waals surface area (Å²) in [6.07, 6.45) is 0. The molecule has 0 atom stereocenters. The van der Waals surface area contributed by atoms with Crippen LogP contribution in [0.4, 0.5) is 14.5 Å². The fourth-order valence-electron chi connectivity index (χ4n) is 3.32. The van der Waals surface area contributed by atoms with E-state index in [-0.39, 0.29) is 27.6 Å². The molecule has 3 aromatic carbocycles. The first-order valence-corrected chi connectivity index (χ1v) is 9.89. The summed E-state index contributed by atoms with van der Waals surface area (Å²) in [6.45, 7) is 0.908. The topological polar surface area (TPSA) is 85.6 Å². The summed E-state index contributed by atoms with van der Waals surface area (Å²) in [6, 6.07) is 16.1. The van der Waals surface area contributed by atoms with E-state index in [1.165, 1.54) is 18.2 Å². The number of anilines is 1. The van der Waals surface area contributed by atoms with Crippen LogP contribution in [0.15, 0.2) is 75.9 Å². The molecule has 0 saturated carbocycles. The molecule has 0 saturated heterocycles. The molecule has 0 unspecified atom stereocenters. The molecule has 1 heterocycles. The predicted octanol–water partition coefficient (Wildman–Crippen LogP) is 4.84. The van der Waals surface area contributed by atoms with Crippen molar-refractivity contribution in [2.45, 2.75) is 6.92 Å². The van der Waals surface area contributed by atoms with Gasteiger partial charge in [0, 0.05) is 17.2 Å². The van der Waals surface area contributed by atoms with Gasteiger partial charge in [-0.15, -0.1) is 0 Å². The number of halogens is 2. The highest BCUT2D eigenvalue weighted by atomic mass is 19.1. The minimum atomic E-state index is -0.964. The third-order valence-corrected chi connectivity index (χ3v) is 4.94. The fraction of sp³-hybridized carbons (Fsp3) is 0.0800. The monoisotopic (exact) mass is 449 g/mol.